The van der Waals surface area contributed by atoms with Gasteiger partial charge in [-0.3, -0.25) is 9.89 Å². The van der Waals surface area contributed by atoms with Gasteiger partial charge >= 0.3 is 0 Å². The van der Waals surface area contributed by atoms with Gasteiger partial charge in [-0.2, -0.15) is 5.10 Å². The third-order valence-corrected chi connectivity index (χ3v) is 4.94. The largest absolute Gasteiger partial charge is 0.390 e. The summed E-state index contributed by atoms with van der Waals surface area (Å²) in [5, 5.41) is 16.9. The number of likely N-dealkylation sites (tertiary alicyclic amines) is 1. The number of rotatable bonds is 5. The van der Waals surface area contributed by atoms with Crippen molar-refractivity contribution in [2.75, 3.05) is 13.1 Å². The van der Waals surface area contributed by atoms with Gasteiger partial charge in [0.05, 0.1) is 5.60 Å². The molecule has 1 fully saturated rings. The Morgan fingerprint density at radius 2 is 2.08 bits per heavy atom. The van der Waals surface area contributed by atoms with E-state index in [4.69, 9.17) is 0 Å². The van der Waals surface area contributed by atoms with Crippen LogP contribution in [0.15, 0.2) is 36.5 Å². The van der Waals surface area contributed by atoms with E-state index in [1.807, 2.05) is 49.1 Å². The summed E-state index contributed by atoms with van der Waals surface area (Å²) in [6, 6.07) is 9.83. The maximum absolute atomic E-state index is 12.8. The highest BCUT2D eigenvalue weighted by Gasteiger charge is 2.25. The SMILES string of the molecule is CC(C)(O)CCc1cccc(C(=O)N2CCC(c3ccn[nH]3)CC2)c1. The van der Waals surface area contributed by atoms with Gasteiger partial charge in [0.25, 0.3) is 5.91 Å². The number of hydrogen-bond donors (Lipinski definition) is 2. The van der Waals surface area contributed by atoms with Crippen molar-refractivity contribution in [3.05, 3.63) is 53.3 Å². The first-order valence-electron chi connectivity index (χ1n) is 9.02. The molecule has 2 aromatic rings. The number of aryl methyl sites for hydroxylation is 1. The smallest absolute Gasteiger partial charge is 0.253 e. The summed E-state index contributed by atoms with van der Waals surface area (Å²) in [5.41, 5.74) is 2.32. The van der Waals surface area contributed by atoms with Crippen LogP contribution in [-0.2, 0) is 6.42 Å². The summed E-state index contributed by atoms with van der Waals surface area (Å²) in [6.07, 6.45) is 5.16. The average molecular weight is 341 g/mol. The summed E-state index contributed by atoms with van der Waals surface area (Å²) in [7, 11) is 0. The van der Waals surface area contributed by atoms with Crippen LogP contribution in [0.1, 0.15) is 60.6 Å². The van der Waals surface area contributed by atoms with Crippen LogP contribution in [0.5, 0.6) is 0 Å². The zero-order valence-corrected chi connectivity index (χ0v) is 15.0. The second-order valence-corrected chi connectivity index (χ2v) is 7.59. The van der Waals surface area contributed by atoms with Gasteiger partial charge in [-0.25, -0.2) is 0 Å². The molecule has 1 saturated heterocycles. The van der Waals surface area contributed by atoms with Crippen molar-refractivity contribution in [2.45, 2.75) is 51.0 Å². The molecule has 5 nitrogen and oxygen atoms in total. The standard InChI is InChI=1S/C20H27N3O2/c1-20(2,25)10-6-15-4-3-5-17(14-15)19(24)23-12-8-16(9-13-23)18-7-11-21-22-18/h3-5,7,11,14,16,25H,6,8-10,12-13H2,1-2H3,(H,21,22). The summed E-state index contributed by atoms with van der Waals surface area (Å²) < 4.78 is 0. The van der Waals surface area contributed by atoms with Crippen LogP contribution in [0.25, 0.3) is 0 Å². The minimum absolute atomic E-state index is 0.105. The van der Waals surface area contributed by atoms with Gasteiger partial charge in [0.2, 0.25) is 0 Å². The van der Waals surface area contributed by atoms with Crippen molar-refractivity contribution < 1.29 is 9.90 Å². The number of aromatic amines is 1. The molecule has 2 N–H and O–H groups in total. The Kier molecular flexibility index (Phi) is 5.23. The molecular formula is C20H27N3O2. The van der Waals surface area contributed by atoms with E-state index in [1.54, 1.807) is 6.20 Å². The predicted octanol–water partition coefficient (Wildman–Crippen LogP) is 3.13. The molecule has 2 heterocycles. The number of amides is 1. The Hall–Kier alpha value is -2.14. The molecule has 3 rings (SSSR count). The lowest BCUT2D eigenvalue weighted by atomic mass is 9.93. The van der Waals surface area contributed by atoms with Gasteiger partial charge in [0, 0.05) is 36.5 Å². The fraction of sp³-hybridized carbons (Fsp3) is 0.500. The number of benzene rings is 1. The summed E-state index contributed by atoms with van der Waals surface area (Å²) in [5.74, 6) is 0.567. The average Bonchev–Trinajstić information content (AvgIpc) is 3.14. The third-order valence-electron chi connectivity index (χ3n) is 4.94. The Morgan fingerprint density at radius 1 is 1.32 bits per heavy atom. The van der Waals surface area contributed by atoms with E-state index in [2.05, 4.69) is 10.2 Å². The molecule has 134 valence electrons. The van der Waals surface area contributed by atoms with Crippen LogP contribution in [0, 0.1) is 0 Å². The molecule has 0 radical (unpaired) electrons. The lowest BCUT2D eigenvalue weighted by molar-refractivity contribution is 0.0712. The Morgan fingerprint density at radius 3 is 2.72 bits per heavy atom. The van der Waals surface area contributed by atoms with Crippen molar-refractivity contribution in [1.29, 1.82) is 0 Å². The van der Waals surface area contributed by atoms with Crippen LogP contribution in [0.4, 0.5) is 0 Å². The molecular weight excluding hydrogens is 314 g/mol. The second-order valence-electron chi connectivity index (χ2n) is 7.59. The van der Waals surface area contributed by atoms with Crippen molar-refractivity contribution in [1.82, 2.24) is 15.1 Å². The van der Waals surface area contributed by atoms with Crippen LogP contribution in [0.3, 0.4) is 0 Å². The zero-order valence-electron chi connectivity index (χ0n) is 15.0. The Bertz CT molecular complexity index is 696. The van der Waals surface area contributed by atoms with E-state index in [0.29, 0.717) is 12.3 Å². The molecule has 1 aliphatic rings. The number of aliphatic hydroxyl groups is 1. The third kappa shape index (κ3) is 4.69. The van der Waals surface area contributed by atoms with Gasteiger partial charge in [-0.05, 0) is 63.3 Å². The molecule has 0 atom stereocenters. The maximum atomic E-state index is 12.8. The quantitative estimate of drug-likeness (QED) is 0.878. The molecule has 0 saturated carbocycles. The van der Waals surface area contributed by atoms with Crippen molar-refractivity contribution in [3.8, 4) is 0 Å². The molecule has 0 spiro atoms. The summed E-state index contributed by atoms with van der Waals surface area (Å²) in [4.78, 5) is 14.7. The van der Waals surface area contributed by atoms with Gasteiger partial charge in [-0.15, -0.1) is 0 Å². The minimum Gasteiger partial charge on any atom is -0.390 e. The van der Waals surface area contributed by atoms with Crippen LogP contribution >= 0.6 is 0 Å². The van der Waals surface area contributed by atoms with Gasteiger partial charge in [0.15, 0.2) is 0 Å². The monoisotopic (exact) mass is 341 g/mol. The maximum Gasteiger partial charge on any atom is 0.253 e. The molecule has 0 aliphatic carbocycles. The molecule has 1 amide bonds. The second kappa shape index (κ2) is 7.40. The van der Waals surface area contributed by atoms with Gasteiger partial charge in [-0.1, -0.05) is 12.1 Å². The number of H-pyrrole nitrogens is 1. The molecule has 1 aromatic carbocycles. The highest BCUT2D eigenvalue weighted by atomic mass is 16.3. The first-order chi connectivity index (χ1) is 11.9. The number of nitrogens with zero attached hydrogens (tertiary/aromatic N) is 2. The molecule has 1 aliphatic heterocycles. The Balaban J connectivity index is 1.60. The number of nitrogens with one attached hydrogen (secondary N) is 1. The van der Waals surface area contributed by atoms with Gasteiger partial charge < -0.3 is 10.0 Å². The molecule has 0 unspecified atom stereocenters. The lowest BCUT2D eigenvalue weighted by Crippen LogP contribution is -2.38. The normalized spacial score (nSPS) is 16.2. The molecule has 5 heteroatoms. The van der Waals surface area contributed by atoms with E-state index in [1.165, 1.54) is 5.69 Å². The fourth-order valence-electron chi connectivity index (χ4n) is 3.38. The number of hydrogen-bond acceptors (Lipinski definition) is 3. The van der Waals surface area contributed by atoms with Crippen molar-refractivity contribution in [2.24, 2.45) is 0 Å². The molecule has 1 aromatic heterocycles. The molecule has 25 heavy (non-hydrogen) atoms. The number of carbonyl (C=O) groups excluding carboxylic acids is 1. The number of piperidine rings is 1. The zero-order chi connectivity index (χ0) is 17.9. The van der Waals surface area contributed by atoms with E-state index >= 15 is 0 Å². The van der Waals surface area contributed by atoms with E-state index in [-0.39, 0.29) is 5.91 Å². The van der Waals surface area contributed by atoms with Crippen LogP contribution < -0.4 is 0 Å². The van der Waals surface area contributed by atoms with Crippen LogP contribution in [-0.4, -0.2) is 44.8 Å². The van der Waals surface area contributed by atoms with Crippen molar-refractivity contribution >= 4 is 5.91 Å². The Labute approximate surface area is 149 Å². The number of carbonyl (C=O) groups is 1. The summed E-state index contributed by atoms with van der Waals surface area (Å²) in [6.45, 7) is 5.17. The van der Waals surface area contributed by atoms with E-state index < -0.39 is 5.60 Å². The van der Waals surface area contributed by atoms with E-state index in [9.17, 15) is 9.90 Å². The predicted molar refractivity (Wildman–Crippen MR) is 97.5 cm³/mol. The van der Waals surface area contributed by atoms with Crippen LogP contribution in [0.2, 0.25) is 0 Å². The fourth-order valence-corrected chi connectivity index (χ4v) is 3.38. The first kappa shape index (κ1) is 17.7. The minimum atomic E-state index is -0.686. The van der Waals surface area contributed by atoms with Crippen molar-refractivity contribution in [3.63, 3.8) is 0 Å². The topological polar surface area (TPSA) is 69.2 Å². The lowest BCUT2D eigenvalue weighted by Gasteiger charge is -2.31. The summed E-state index contributed by atoms with van der Waals surface area (Å²) >= 11 is 0. The molecule has 0 bridgehead atoms. The highest BCUT2D eigenvalue weighted by Crippen LogP contribution is 2.27. The number of aromatic nitrogens is 2. The highest BCUT2D eigenvalue weighted by molar-refractivity contribution is 5.94. The van der Waals surface area contributed by atoms with E-state index in [0.717, 1.165) is 43.5 Å². The van der Waals surface area contributed by atoms with Gasteiger partial charge in [0.1, 0.15) is 0 Å². The first-order valence-corrected chi connectivity index (χ1v) is 9.02.